The smallest absolute Gasteiger partial charge is 0.226 e. The van der Waals surface area contributed by atoms with Gasteiger partial charge < -0.3 is 5.32 Å². The van der Waals surface area contributed by atoms with Gasteiger partial charge in [-0.25, -0.2) is 0 Å². The van der Waals surface area contributed by atoms with Crippen LogP contribution in [0.4, 0.5) is 0 Å². The van der Waals surface area contributed by atoms with Crippen LogP contribution in [0, 0.1) is 17.3 Å². The molecule has 0 radical (unpaired) electrons. The van der Waals surface area contributed by atoms with E-state index in [1.165, 1.54) is 44.9 Å². The summed E-state index contributed by atoms with van der Waals surface area (Å²) in [5.41, 5.74) is -0.158. The minimum Gasteiger partial charge on any atom is -0.351 e. The van der Waals surface area contributed by atoms with Crippen LogP contribution >= 0.6 is 0 Å². The molecular formula is C18H33NO. The van der Waals surface area contributed by atoms with Crippen LogP contribution in [0.1, 0.15) is 85.5 Å². The topological polar surface area (TPSA) is 29.1 Å². The van der Waals surface area contributed by atoms with Crippen molar-refractivity contribution in [3.8, 4) is 0 Å². The molecule has 2 aliphatic rings. The summed E-state index contributed by atoms with van der Waals surface area (Å²) in [4.78, 5) is 13.0. The van der Waals surface area contributed by atoms with Crippen molar-refractivity contribution in [3.05, 3.63) is 0 Å². The number of carbonyl (C=O) groups is 1. The lowest BCUT2D eigenvalue weighted by molar-refractivity contribution is -0.139. The molecule has 0 bridgehead atoms. The van der Waals surface area contributed by atoms with Crippen LogP contribution in [0.3, 0.4) is 0 Å². The molecule has 0 atom stereocenters. The van der Waals surface area contributed by atoms with Crippen molar-refractivity contribution in [1.82, 2.24) is 5.32 Å². The molecule has 0 heterocycles. The van der Waals surface area contributed by atoms with E-state index < -0.39 is 0 Å². The van der Waals surface area contributed by atoms with Crippen LogP contribution in [0.2, 0.25) is 0 Å². The Hall–Kier alpha value is -0.530. The molecule has 116 valence electrons. The number of nitrogens with one attached hydrogen (secondary N) is 1. The lowest BCUT2D eigenvalue weighted by Gasteiger charge is -2.46. The van der Waals surface area contributed by atoms with E-state index in [4.69, 9.17) is 0 Å². The standard InChI is InChI=1S/C18H33NO/c1-14-8-10-15(11-9-14)18(12-6-5-7-13-18)16(20)19-17(2,3)4/h14-15H,5-13H2,1-4H3,(H,19,20). The number of hydrogen-bond acceptors (Lipinski definition) is 1. The monoisotopic (exact) mass is 279 g/mol. The molecule has 2 nitrogen and oxygen atoms in total. The molecule has 1 amide bonds. The van der Waals surface area contributed by atoms with Crippen molar-refractivity contribution >= 4 is 5.91 Å². The van der Waals surface area contributed by atoms with Gasteiger partial charge in [0.2, 0.25) is 5.91 Å². The fourth-order valence-corrected chi connectivity index (χ4v) is 4.28. The van der Waals surface area contributed by atoms with Crippen LogP contribution in [0.5, 0.6) is 0 Å². The first-order chi connectivity index (χ1) is 9.33. The molecule has 2 aliphatic carbocycles. The zero-order valence-electron chi connectivity index (χ0n) is 13.9. The Morgan fingerprint density at radius 2 is 1.55 bits per heavy atom. The SMILES string of the molecule is CC1CCC(C2(C(=O)NC(C)(C)C)CCCCC2)CC1. The lowest BCUT2D eigenvalue weighted by Crippen LogP contribution is -2.53. The maximum atomic E-state index is 13.0. The first kappa shape index (κ1) is 15.9. The van der Waals surface area contributed by atoms with Crippen molar-refractivity contribution in [2.45, 2.75) is 91.0 Å². The maximum absolute atomic E-state index is 13.0. The first-order valence-electron chi connectivity index (χ1n) is 8.66. The van der Waals surface area contributed by atoms with Crippen molar-refractivity contribution in [2.24, 2.45) is 17.3 Å². The van der Waals surface area contributed by atoms with E-state index in [-0.39, 0.29) is 11.0 Å². The largest absolute Gasteiger partial charge is 0.351 e. The quantitative estimate of drug-likeness (QED) is 0.781. The molecule has 0 aromatic heterocycles. The summed E-state index contributed by atoms with van der Waals surface area (Å²) in [6.07, 6.45) is 11.2. The molecule has 0 unspecified atom stereocenters. The number of amides is 1. The van der Waals surface area contributed by atoms with Gasteiger partial charge in [0, 0.05) is 5.54 Å². The van der Waals surface area contributed by atoms with E-state index in [1.54, 1.807) is 0 Å². The van der Waals surface area contributed by atoms with Gasteiger partial charge in [0.15, 0.2) is 0 Å². The second kappa shape index (κ2) is 6.07. The molecule has 2 fully saturated rings. The van der Waals surface area contributed by atoms with E-state index in [9.17, 15) is 4.79 Å². The minimum absolute atomic E-state index is 0.0499. The highest BCUT2D eigenvalue weighted by Crippen LogP contribution is 2.49. The second-order valence-electron chi connectivity index (χ2n) is 8.38. The summed E-state index contributed by atoms with van der Waals surface area (Å²) in [6, 6.07) is 0. The van der Waals surface area contributed by atoms with Crippen LogP contribution in [-0.4, -0.2) is 11.4 Å². The molecular weight excluding hydrogens is 246 g/mol. The molecule has 1 N–H and O–H groups in total. The zero-order valence-corrected chi connectivity index (χ0v) is 13.9. The normalized spacial score (nSPS) is 30.8. The van der Waals surface area contributed by atoms with Gasteiger partial charge >= 0.3 is 0 Å². The highest BCUT2D eigenvalue weighted by molar-refractivity contribution is 5.83. The fourth-order valence-electron chi connectivity index (χ4n) is 4.28. The fraction of sp³-hybridized carbons (Fsp3) is 0.944. The molecule has 2 heteroatoms. The van der Waals surface area contributed by atoms with Gasteiger partial charge in [-0.1, -0.05) is 39.0 Å². The van der Waals surface area contributed by atoms with Crippen molar-refractivity contribution in [1.29, 1.82) is 0 Å². The Labute approximate surface area is 125 Å². The summed E-state index contributed by atoms with van der Waals surface area (Å²) in [5.74, 6) is 1.84. The van der Waals surface area contributed by atoms with Crippen LogP contribution in [-0.2, 0) is 4.79 Å². The van der Waals surface area contributed by atoms with Crippen molar-refractivity contribution < 1.29 is 4.79 Å². The molecule has 2 saturated carbocycles. The van der Waals surface area contributed by atoms with E-state index in [0.29, 0.717) is 11.8 Å². The van der Waals surface area contributed by atoms with Crippen molar-refractivity contribution in [2.75, 3.05) is 0 Å². The predicted molar refractivity (Wildman–Crippen MR) is 84.5 cm³/mol. The average Bonchev–Trinajstić information content (AvgIpc) is 2.38. The number of carbonyl (C=O) groups excluding carboxylic acids is 1. The number of rotatable bonds is 2. The van der Waals surface area contributed by atoms with Crippen LogP contribution in [0.25, 0.3) is 0 Å². The van der Waals surface area contributed by atoms with Gasteiger partial charge in [-0.3, -0.25) is 4.79 Å². The predicted octanol–water partition coefficient (Wildman–Crippen LogP) is 4.68. The van der Waals surface area contributed by atoms with Gasteiger partial charge in [0.25, 0.3) is 0 Å². The zero-order chi connectivity index (χ0) is 14.8. The minimum atomic E-state index is -0.108. The maximum Gasteiger partial charge on any atom is 0.226 e. The van der Waals surface area contributed by atoms with Gasteiger partial charge in [-0.15, -0.1) is 0 Å². The highest BCUT2D eigenvalue weighted by Gasteiger charge is 2.47. The second-order valence-corrected chi connectivity index (χ2v) is 8.38. The summed E-state index contributed by atoms with van der Waals surface area (Å²) in [7, 11) is 0. The average molecular weight is 279 g/mol. The summed E-state index contributed by atoms with van der Waals surface area (Å²) in [5, 5.41) is 3.30. The molecule has 0 aromatic rings. The van der Waals surface area contributed by atoms with Crippen LogP contribution in [0.15, 0.2) is 0 Å². The molecule has 20 heavy (non-hydrogen) atoms. The third kappa shape index (κ3) is 3.56. The van der Waals surface area contributed by atoms with E-state index in [0.717, 1.165) is 18.8 Å². The number of hydrogen-bond donors (Lipinski definition) is 1. The summed E-state index contributed by atoms with van der Waals surface area (Å²) < 4.78 is 0. The lowest BCUT2D eigenvalue weighted by atomic mass is 9.60. The first-order valence-corrected chi connectivity index (χ1v) is 8.66. The van der Waals surface area contributed by atoms with Gasteiger partial charge in [0.05, 0.1) is 5.41 Å². The molecule has 0 saturated heterocycles. The van der Waals surface area contributed by atoms with Crippen LogP contribution < -0.4 is 5.32 Å². The third-order valence-corrected chi connectivity index (χ3v) is 5.48. The highest BCUT2D eigenvalue weighted by atomic mass is 16.2. The van der Waals surface area contributed by atoms with E-state index in [1.807, 2.05) is 0 Å². The Kier molecular flexibility index (Phi) is 4.81. The Bertz CT molecular complexity index is 328. The Morgan fingerprint density at radius 1 is 1.00 bits per heavy atom. The van der Waals surface area contributed by atoms with E-state index >= 15 is 0 Å². The van der Waals surface area contributed by atoms with E-state index in [2.05, 4.69) is 33.0 Å². The van der Waals surface area contributed by atoms with Gasteiger partial charge in [-0.05, 0) is 58.3 Å². The van der Waals surface area contributed by atoms with Gasteiger partial charge in [-0.2, -0.15) is 0 Å². The molecule has 2 rings (SSSR count). The Balaban J connectivity index is 2.14. The summed E-state index contributed by atoms with van der Waals surface area (Å²) in [6.45, 7) is 8.66. The third-order valence-electron chi connectivity index (χ3n) is 5.48. The molecule has 0 aromatic carbocycles. The van der Waals surface area contributed by atoms with Crippen molar-refractivity contribution in [3.63, 3.8) is 0 Å². The molecule has 0 spiro atoms. The Morgan fingerprint density at radius 3 is 2.05 bits per heavy atom. The van der Waals surface area contributed by atoms with Gasteiger partial charge in [0.1, 0.15) is 0 Å². The summed E-state index contributed by atoms with van der Waals surface area (Å²) >= 11 is 0. The molecule has 0 aliphatic heterocycles.